The summed E-state index contributed by atoms with van der Waals surface area (Å²) >= 11 is 0. The Morgan fingerprint density at radius 3 is 1.52 bits per heavy atom. The topological polar surface area (TPSA) is 126 Å². The fourth-order valence-corrected chi connectivity index (χ4v) is 9.19. The summed E-state index contributed by atoms with van der Waals surface area (Å²) in [4.78, 5) is 11.1. The van der Waals surface area contributed by atoms with E-state index in [2.05, 4.69) is 47.7 Å². The van der Waals surface area contributed by atoms with Crippen molar-refractivity contribution < 1.29 is 25.0 Å². The first-order chi connectivity index (χ1) is 18.9. The largest absolute Gasteiger partial charge is 0.392 e. The van der Waals surface area contributed by atoms with Gasteiger partial charge in [-0.25, -0.2) is 0 Å². The Morgan fingerprint density at radius 2 is 1.10 bits per heavy atom. The molecule has 3 atom stereocenters. The van der Waals surface area contributed by atoms with Crippen LogP contribution in [0.3, 0.4) is 0 Å². The smallest absolute Gasteiger partial charge is 0.142 e. The van der Waals surface area contributed by atoms with Gasteiger partial charge in [0.05, 0.1) is 20.4 Å². The molecule has 3 rings (SSSR count). The van der Waals surface area contributed by atoms with Gasteiger partial charge in [-0.1, -0.05) is 0 Å². The second-order valence-electron chi connectivity index (χ2n) is 12.8. The van der Waals surface area contributed by atoms with Crippen LogP contribution < -0.4 is 5.32 Å². The van der Waals surface area contributed by atoms with Crippen molar-refractivity contribution >= 4 is 7.14 Å². The summed E-state index contributed by atoms with van der Waals surface area (Å²) in [5, 5.41) is 46.6. The summed E-state index contributed by atoms with van der Waals surface area (Å²) in [5.41, 5.74) is -2.81. The van der Waals surface area contributed by atoms with Crippen molar-refractivity contribution in [3.05, 3.63) is 0 Å². The van der Waals surface area contributed by atoms with Crippen molar-refractivity contribution in [1.29, 1.82) is 0 Å². The maximum atomic E-state index is 14.6. The third kappa shape index (κ3) is 9.41. The predicted octanol–water partition coefficient (Wildman–Crippen LogP) is -0.551. The number of aliphatic hydroxyl groups excluding tert-OH is 2. The van der Waals surface area contributed by atoms with E-state index in [0.29, 0.717) is 56.7 Å². The zero-order valence-corrected chi connectivity index (χ0v) is 26.6. The standard InChI is InChI=1S/C28H59N6O5P/c1-25(2)31-13-11-30(12-14-31)19-22-40(39,20-5-27(37,23-35)33-9-7-29-8-10-33)21-6-28(38,24-36)34-17-15-32(16-18-34)26(3)4/h25-26,29,35-38H,5-24H2,1-4H3. The van der Waals surface area contributed by atoms with Crippen LogP contribution in [0.15, 0.2) is 0 Å². The molecule has 3 saturated heterocycles. The number of aliphatic hydroxyl groups is 4. The molecule has 3 fully saturated rings. The van der Waals surface area contributed by atoms with Crippen molar-refractivity contribution in [3.63, 3.8) is 0 Å². The van der Waals surface area contributed by atoms with E-state index in [-0.39, 0.29) is 12.8 Å². The van der Waals surface area contributed by atoms with Crippen LogP contribution in [-0.2, 0) is 4.57 Å². The number of piperazine rings is 3. The van der Waals surface area contributed by atoms with E-state index in [1.54, 1.807) is 0 Å². The SMILES string of the molecule is CC(C)N1CCN(CCP(=O)(CCC(O)(CO)N2CCNCC2)CCC(O)(CO)N2CCN(C(C)C)CC2)CC1. The maximum absolute atomic E-state index is 14.6. The number of nitrogens with one attached hydrogen (secondary N) is 1. The van der Waals surface area contributed by atoms with E-state index < -0.39 is 31.8 Å². The predicted molar refractivity (Wildman–Crippen MR) is 161 cm³/mol. The van der Waals surface area contributed by atoms with Crippen LogP contribution in [0.25, 0.3) is 0 Å². The number of nitrogens with zero attached hydrogens (tertiary/aromatic N) is 5. The molecule has 0 saturated carbocycles. The molecule has 3 aliphatic heterocycles. The van der Waals surface area contributed by atoms with Crippen LogP contribution in [0.1, 0.15) is 40.5 Å². The number of hydrogen-bond donors (Lipinski definition) is 5. The Labute approximate surface area is 242 Å². The second kappa shape index (κ2) is 15.5. The first kappa shape index (κ1) is 34.3. The molecule has 0 aromatic heterocycles. The molecule has 3 unspecified atom stereocenters. The Bertz CT molecular complexity index is 787. The molecular weight excluding hydrogens is 531 g/mol. The first-order valence-electron chi connectivity index (χ1n) is 15.6. The third-order valence-corrected chi connectivity index (χ3v) is 12.7. The molecule has 3 aliphatic rings. The molecule has 11 nitrogen and oxygen atoms in total. The van der Waals surface area contributed by atoms with Crippen LogP contribution in [0, 0.1) is 0 Å². The Balaban J connectivity index is 1.67. The second-order valence-corrected chi connectivity index (χ2v) is 16.3. The van der Waals surface area contributed by atoms with Crippen molar-refractivity contribution in [2.75, 3.05) is 117 Å². The lowest BCUT2D eigenvalue weighted by atomic mass is 10.1. The number of hydrogen-bond acceptors (Lipinski definition) is 11. The van der Waals surface area contributed by atoms with Gasteiger partial charge < -0.3 is 35.2 Å². The molecule has 236 valence electrons. The lowest BCUT2D eigenvalue weighted by Gasteiger charge is -2.45. The molecule has 0 aliphatic carbocycles. The van der Waals surface area contributed by atoms with Gasteiger partial charge in [-0.15, -0.1) is 0 Å². The van der Waals surface area contributed by atoms with Gasteiger partial charge in [-0.05, 0) is 40.5 Å². The molecule has 40 heavy (non-hydrogen) atoms. The lowest BCUT2D eigenvalue weighted by Crippen LogP contribution is -2.60. The Hall–Kier alpha value is -0.170. The molecular formula is C28H59N6O5P. The summed E-state index contributed by atoms with van der Waals surface area (Å²) < 4.78 is 14.6. The average molecular weight is 591 g/mol. The highest BCUT2D eigenvalue weighted by Crippen LogP contribution is 2.49. The molecule has 12 heteroatoms. The van der Waals surface area contributed by atoms with Gasteiger partial charge in [-0.2, -0.15) is 0 Å². The minimum absolute atomic E-state index is 0.229. The van der Waals surface area contributed by atoms with Gasteiger partial charge in [0.2, 0.25) is 0 Å². The highest BCUT2D eigenvalue weighted by atomic mass is 31.2. The molecule has 0 bridgehead atoms. The van der Waals surface area contributed by atoms with Crippen LogP contribution in [0.4, 0.5) is 0 Å². The normalized spacial score (nSPS) is 26.1. The van der Waals surface area contributed by atoms with E-state index in [0.717, 1.165) is 58.9 Å². The maximum Gasteiger partial charge on any atom is 0.142 e. The van der Waals surface area contributed by atoms with Crippen LogP contribution >= 0.6 is 7.14 Å². The van der Waals surface area contributed by atoms with E-state index in [4.69, 9.17) is 0 Å². The molecule has 0 radical (unpaired) electrons. The first-order valence-corrected chi connectivity index (χ1v) is 17.8. The van der Waals surface area contributed by atoms with E-state index in [9.17, 15) is 25.0 Å². The Kier molecular flexibility index (Phi) is 13.3. The van der Waals surface area contributed by atoms with E-state index in [1.807, 2.05) is 9.80 Å². The van der Waals surface area contributed by atoms with E-state index in [1.165, 1.54) is 0 Å². The molecule has 3 heterocycles. The summed E-state index contributed by atoms with van der Waals surface area (Å²) in [6, 6.07) is 0.959. The fraction of sp³-hybridized carbons (Fsp3) is 1.00. The van der Waals surface area contributed by atoms with Gasteiger partial charge in [0, 0.05) is 116 Å². The molecule has 0 spiro atoms. The lowest BCUT2D eigenvalue weighted by molar-refractivity contribution is -0.153. The third-order valence-electron chi connectivity index (χ3n) is 9.65. The van der Waals surface area contributed by atoms with E-state index >= 15 is 0 Å². The zero-order chi connectivity index (χ0) is 29.4. The van der Waals surface area contributed by atoms with Gasteiger partial charge in [0.25, 0.3) is 0 Å². The molecule has 0 aromatic rings. The van der Waals surface area contributed by atoms with Crippen LogP contribution in [0.2, 0.25) is 0 Å². The van der Waals surface area contributed by atoms with Gasteiger partial charge in [0.15, 0.2) is 0 Å². The molecule has 5 N–H and O–H groups in total. The highest BCUT2D eigenvalue weighted by Gasteiger charge is 2.41. The van der Waals surface area contributed by atoms with Crippen molar-refractivity contribution in [2.45, 2.75) is 64.1 Å². The summed E-state index contributed by atoms with van der Waals surface area (Å²) in [5.74, 6) is 0. The van der Waals surface area contributed by atoms with Crippen molar-refractivity contribution in [3.8, 4) is 0 Å². The minimum atomic E-state index is -2.85. The quantitative estimate of drug-likeness (QED) is 0.158. The van der Waals surface area contributed by atoms with Crippen molar-refractivity contribution in [1.82, 2.24) is 29.8 Å². The Morgan fingerprint density at radius 1 is 0.675 bits per heavy atom. The zero-order valence-electron chi connectivity index (χ0n) is 25.7. The fourth-order valence-electron chi connectivity index (χ4n) is 6.34. The molecule has 0 amide bonds. The monoisotopic (exact) mass is 590 g/mol. The van der Waals surface area contributed by atoms with Crippen LogP contribution in [0.5, 0.6) is 0 Å². The van der Waals surface area contributed by atoms with Gasteiger partial charge >= 0.3 is 0 Å². The average Bonchev–Trinajstić information content (AvgIpc) is 2.98. The minimum Gasteiger partial charge on any atom is -0.392 e. The number of rotatable bonds is 15. The summed E-state index contributed by atoms with van der Waals surface area (Å²) in [6.45, 7) is 18.3. The highest BCUT2D eigenvalue weighted by molar-refractivity contribution is 7.63. The van der Waals surface area contributed by atoms with Gasteiger partial charge in [-0.3, -0.25) is 19.6 Å². The van der Waals surface area contributed by atoms with Gasteiger partial charge in [0.1, 0.15) is 11.4 Å². The van der Waals surface area contributed by atoms with Crippen molar-refractivity contribution in [2.24, 2.45) is 0 Å². The molecule has 0 aromatic carbocycles. The summed E-state index contributed by atoms with van der Waals surface area (Å²) in [7, 11) is -2.85. The summed E-state index contributed by atoms with van der Waals surface area (Å²) in [6.07, 6.45) is 1.59. The van der Waals surface area contributed by atoms with Crippen LogP contribution in [-0.4, -0.2) is 185 Å².